The molecule has 0 aromatic rings. The summed E-state index contributed by atoms with van der Waals surface area (Å²) in [5.41, 5.74) is 0.785. The maximum Gasteiger partial charge on any atom is 0.162 e. The zero-order chi connectivity index (χ0) is 15.7. The molecule has 2 nitrogen and oxygen atoms in total. The Labute approximate surface area is 130 Å². The average Bonchev–Trinajstić information content (AvgIpc) is 2.38. The largest absolute Gasteiger partial charge is 0.512 e. The molecule has 2 fully saturated rings. The molecule has 0 heterocycles. The fourth-order valence-electron chi connectivity index (χ4n) is 3.76. The van der Waals surface area contributed by atoms with Gasteiger partial charge in [0.15, 0.2) is 5.78 Å². The lowest BCUT2D eigenvalue weighted by Gasteiger charge is -2.34. The Morgan fingerprint density at radius 1 is 0.857 bits per heavy atom. The maximum atomic E-state index is 12.4. The van der Waals surface area contributed by atoms with Crippen molar-refractivity contribution in [2.45, 2.75) is 79.1 Å². The van der Waals surface area contributed by atoms with Crippen molar-refractivity contribution in [3.8, 4) is 0 Å². The van der Waals surface area contributed by atoms with Gasteiger partial charge in [0.1, 0.15) is 0 Å². The van der Waals surface area contributed by atoms with E-state index in [1.807, 2.05) is 0 Å². The first-order chi connectivity index (χ1) is 9.69. The highest BCUT2D eigenvalue weighted by molar-refractivity contribution is 5.92. The summed E-state index contributed by atoms with van der Waals surface area (Å²) in [4.78, 5) is 12.4. The van der Waals surface area contributed by atoms with Crippen LogP contribution in [0, 0.1) is 22.7 Å². The number of aliphatic hydroxyl groups excluding tert-OH is 1. The van der Waals surface area contributed by atoms with E-state index in [0.29, 0.717) is 16.6 Å². The second-order valence-electron chi connectivity index (χ2n) is 8.85. The van der Waals surface area contributed by atoms with Gasteiger partial charge in [0.05, 0.1) is 5.76 Å². The standard InChI is InChI=1S/C19H32O2/c1-18(2)9-5-14(6-10-18)16(20)13-17(21)15-7-11-19(3,4)12-8-15/h13-15,20H,5-12H2,1-4H3. The minimum atomic E-state index is 0.139. The van der Waals surface area contributed by atoms with Gasteiger partial charge < -0.3 is 5.11 Å². The molecule has 1 N–H and O–H groups in total. The molecule has 0 aromatic heterocycles. The molecule has 21 heavy (non-hydrogen) atoms. The summed E-state index contributed by atoms with van der Waals surface area (Å²) in [6.07, 6.45) is 10.1. The molecule has 0 aliphatic heterocycles. The average molecular weight is 292 g/mol. The Hall–Kier alpha value is -0.790. The van der Waals surface area contributed by atoms with Gasteiger partial charge in [-0.05, 0) is 62.2 Å². The summed E-state index contributed by atoms with van der Waals surface area (Å²) in [7, 11) is 0. The van der Waals surface area contributed by atoms with Gasteiger partial charge in [0, 0.05) is 17.9 Å². The van der Waals surface area contributed by atoms with Crippen LogP contribution in [-0.4, -0.2) is 10.9 Å². The number of hydrogen-bond acceptors (Lipinski definition) is 2. The van der Waals surface area contributed by atoms with Crippen LogP contribution < -0.4 is 0 Å². The molecule has 0 saturated heterocycles. The van der Waals surface area contributed by atoms with Gasteiger partial charge in [0.25, 0.3) is 0 Å². The van der Waals surface area contributed by atoms with Gasteiger partial charge in [-0.3, -0.25) is 4.79 Å². The van der Waals surface area contributed by atoms with Gasteiger partial charge >= 0.3 is 0 Å². The number of ketones is 1. The van der Waals surface area contributed by atoms with E-state index in [4.69, 9.17) is 0 Å². The SMILES string of the molecule is CC1(C)CCC(C(=O)C=C(O)C2CCC(C)(C)CC2)CC1. The third kappa shape index (κ3) is 4.59. The molecule has 2 heteroatoms. The van der Waals surface area contributed by atoms with Crippen molar-refractivity contribution in [3.63, 3.8) is 0 Å². The van der Waals surface area contributed by atoms with Gasteiger partial charge in [-0.1, -0.05) is 27.7 Å². The Morgan fingerprint density at radius 3 is 1.67 bits per heavy atom. The van der Waals surface area contributed by atoms with E-state index in [2.05, 4.69) is 27.7 Å². The van der Waals surface area contributed by atoms with Crippen LogP contribution in [-0.2, 0) is 4.79 Å². The molecule has 2 rings (SSSR count). The van der Waals surface area contributed by atoms with E-state index < -0.39 is 0 Å². The Kier molecular flexibility index (Phi) is 4.85. The number of rotatable bonds is 3. The zero-order valence-corrected chi connectivity index (χ0v) is 14.2. The predicted molar refractivity (Wildman–Crippen MR) is 87.2 cm³/mol. The quantitative estimate of drug-likeness (QED) is 0.556. The van der Waals surface area contributed by atoms with E-state index in [-0.39, 0.29) is 17.6 Å². The molecule has 0 amide bonds. The fraction of sp³-hybridized carbons (Fsp3) is 0.842. The van der Waals surface area contributed by atoms with Crippen LogP contribution in [0.4, 0.5) is 0 Å². The second-order valence-corrected chi connectivity index (χ2v) is 8.85. The van der Waals surface area contributed by atoms with E-state index in [1.54, 1.807) is 6.08 Å². The number of allylic oxidation sites excluding steroid dienone is 2. The van der Waals surface area contributed by atoms with Crippen LogP contribution in [0.2, 0.25) is 0 Å². The summed E-state index contributed by atoms with van der Waals surface area (Å²) < 4.78 is 0. The van der Waals surface area contributed by atoms with Gasteiger partial charge in [0.2, 0.25) is 0 Å². The monoisotopic (exact) mass is 292 g/mol. The van der Waals surface area contributed by atoms with Crippen molar-refractivity contribution >= 4 is 5.78 Å². The first-order valence-electron chi connectivity index (χ1n) is 8.63. The van der Waals surface area contributed by atoms with Crippen molar-refractivity contribution in [2.75, 3.05) is 0 Å². The molecular weight excluding hydrogens is 260 g/mol. The molecule has 0 aromatic carbocycles. The van der Waals surface area contributed by atoms with Crippen LogP contribution >= 0.6 is 0 Å². The molecule has 2 aliphatic rings. The molecule has 0 atom stereocenters. The van der Waals surface area contributed by atoms with Crippen LogP contribution in [0.15, 0.2) is 11.8 Å². The lowest BCUT2D eigenvalue weighted by atomic mass is 9.71. The van der Waals surface area contributed by atoms with Crippen molar-refractivity contribution in [1.82, 2.24) is 0 Å². The predicted octanol–water partition coefficient (Wildman–Crippen LogP) is 5.43. The summed E-state index contributed by atoms with van der Waals surface area (Å²) in [6.45, 7) is 9.15. The van der Waals surface area contributed by atoms with E-state index >= 15 is 0 Å². The molecule has 0 unspecified atom stereocenters. The lowest BCUT2D eigenvalue weighted by molar-refractivity contribution is -0.119. The third-order valence-corrected chi connectivity index (χ3v) is 5.79. The molecular formula is C19H32O2. The summed E-state index contributed by atoms with van der Waals surface area (Å²) in [5, 5.41) is 10.3. The Bertz CT molecular complexity index is 397. The lowest BCUT2D eigenvalue weighted by Crippen LogP contribution is -2.26. The topological polar surface area (TPSA) is 37.3 Å². The van der Waals surface area contributed by atoms with Crippen LogP contribution in [0.25, 0.3) is 0 Å². The number of hydrogen-bond donors (Lipinski definition) is 1. The minimum absolute atomic E-state index is 0.139. The van der Waals surface area contributed by atoms with E-state index in [0.717, 1.165) is 51.4 Å². The van der Waals surface area contributed by atoms with Crippen molar-refractivity contribution < 1.29 is 9.90 Å². The highest BCUT2D eigenvalue weighted by Gasteiger charge is 2.32. The maximum absolute atomic E-state index is 12.4. The smallest absolute Gasteiger partial charge is 0.162 e. The number of carbonyl (C=O) groups is 1. The normalized spacial score (nSPS) is 27.5. The summed E-state index contributed by atoms with van der Waals surface area (Å²) in [6, 6.07) is 0. The number of carbonyl (C=O) groups excluding carboxylic acids is 1. The Morgan fingerprint density at radius 2 is 1.24 bits per heavy atom. The van der Waals surface area contributed by atoms with Gasteiger partial charge in [-0.2, -0.15) is 0 Å². The first kappa shape index (κ1) is 16.6. The highest BCUT2D eigenvalue weighted by Crippen LogP contribution is 2.41. The molecule has 0 bridgehead atoms. The highest BCUT2D eigenvalue weighted by atomic mass is 16.3. The molecule has 2 saturated carbocycles. The van der Waals surface area contributed by atoms with Crippen LogP contribution in [0.1, 0.15) is 79.1 Å². The minimum Gasteiger partial charge on any atom is -0.512 e. The zero-order valence-electron chi connectivity index (χ0n) is 14.2. The van der Waals surface area contributed by atoms with Gasteiger partial charge in [-0.15, -0.1) is 0 Å². The Balaban J connectivity index is 1.89. The third-order valence-electron chi connectivity index (χ3n) is 5.79. The van der Waals surface area contributed by atoms with Gasteiger partial charge in [-0.25, -0.2) is 0 Å². The van der Waals surface area contributed by atoms with Crippen molar-refractivity contribution in [3.05, 3.63) is 11.8 Å². The molecule has 120 valence electrons. The van der Waals surface area contributed by atoms with E-state index in [9.17, 15) is 9.90 Å². The second kappa shape index (κ2) is 6.14. The first-order valence-corrected chi connectivity index (χ1v) is 8.63. The molecule has 0 radical (unpaired) electrons. The van der Waals surface area contributed by atoms with E-state index in [1.165, 1.54) is 0 Å². The summed E-state index contributed by atoms with van der Waals surface area (Å²) >= 11 is 0. The fourth-order valence-corrected chi connectivity index (χ4v) is 3.76. The number of aliphatic hydroxyl groups is 1. The summed E-state index contributed by atoms with van der Waals surface area (Å²) in [5.74, 6) is 0.857. The van der Waals surface area contributed by atoms with Crippen molar-refractivity contribution in [1.29, 1.82) is 0 Å². The van der Waals surface area contributed by atoms with Crippen LogP contribution in [0.3, 0.4) is 0 Å². The van der Waals surface area contributed by atoms with Crippen LogP contribution in [0.5, 0.6) is 0 Å². The molecule has 2 aliphatic carbocycles. The van der Waals surface area contributed by atoms with Crippen molar-refractivity contribution in [2.24, 2.45) is 22.7 Å². The molecule has 0 spiro atoms.